The Bertz CT molecular complexity index is 461. The summed E-state index contributed by atoms with van der Waals surface area (Å²) < 4.78 is 22.1. The van der Waals surface area contributed by atoms with Crippen LogP contribution < -0.4 is 0 Å². The molecule has 29 heavy (non-hydrogen) atoms. The highest BCUT2D eigenvalue weighted by atomic mass is 16.9. The van der Waals surface area contributed by atoms with Crippen LogP contribution in [0.5, 0.6) is 0 Å². The van der Waals surface area contributed by atoms with E-state index in [0.29, 0.717) is 19.8 Å². The molecule has 0 amide bonds. The molecular weight excluding hydrogens is 372 g/mol. The van der Waals surface area contributed by atoms with Crippen molar-refractivity contribution in [3.05, 3.63) is 0 Å². The second kappa shape index (κ2) is 14.1. The van der Waals surface area contributed by atoms with Crippen molar-refractivity contribution < 1.29 is 28.5 Å². The lowest BCUT2D eigenvalue weighted by Gasteiger charge is -2.32. The van der Waals surface area contributed by atoms with Gasteiger partial charge in [0.25, 0.3) is 5.97 Å². The summed E-state index contributed by atoms with van der Waals surface area (Å²) in [5.41, 5.74) is -0.549. The van der Waals surface area contributed by atoms with Crippen LogP contribution in [0.3, 0.4) is 0 Å². The first kappa shape index (κ1) is 26.1. The zero-order valence-electron chi connectivity index (χ0n) is 19.1. The van der Waals surface area contributed by atoms with Gasteiger partial charge in [-0.25, -0.2) is 0 Å². The van der Waals surface area contributed by atoms with E-state index in [0.717, 1.165) is 57.8 Å². The van der Waals surface area contributed by atoms with E-state index in [4.69, 9.17) is 18.9 Å². The van der Waals surface area contributed by atoms with Crippen LogP contribution in [-0.2, 0) is 28.5 Å². The van der Waals surface area contributed by atoms with E-state index in [2.05, 4.69) is 6.92 Å². The fourth-order valence-electron chi connectivity index (χ4n) is 4.27. The van der Waals surface area contributed by atoms with Gasteiger partial charge in [0, 0.05) is 26.2 Å². The van der Waals surface area contributed by atoms with E-state index >= 15 is 0 Å². The SMILES string of the molecule is CCCC1(CCCCCCCCCC(OCC)(OCC)OCC)CC(=O)OC1=O. The van der Waals surface area contributed by atoms with Gasteiger partial charge in [-0.05, 0) is 40.0 Å². The molecule has 1 saturated heterocycles. The maximum absolute atomic E-state index is 12.1. The van der Waals surface area contributed by atoms with E-state index in [1.54, 1.807) is 0 Å². The summed E-state index contributed by atoms with van der Waals surface area (Å²) in [4.78, 5) is 23.6. The summed E-state index contributed by atoms with van der Waals surface area (Å²) in [7, 11) is 0. The monoisotopic (exact) mass is 414 g/mol. The largest absolute Gasteiger partial charge is 0.393 e. The molecule has 0 saturated carbocycles. The lowest BCUT2D eigenvalue weighted by molar-refractivity contribution is -0.380. The minimum absolute atomic E-state index is 0.265. The summed E-state index contributed by atoms with van der Waals surface area (Å²) in [6, 6.07) is 0. The van der Waals surface area contributed by atoms with Gasteiger partial charge in [0.15, 0.2) is 0 Å². The average Bonchev–Trinajstić information content (AvgIpc) is 2.94. The summed E-state index contributed by atoms with van der Waals surface area (Å²) in [6.45, 7) is 9.63. The smallest absolute Gasteiger partial charge is 0.320 e. The minimum atomic E-state index is -0.890. The lowest BCUT2D eigenvalue weighted by Crippen LogP contribution is -2.39. The maximum Gasteiger partial charge on any atom is 0.320 e. The van der Waals surface area contributed by atoms with E-state index in [1.807, 2.05) is 20.8 Å². The van der Waals surface area contributed by atoms with Crippen LogP contribution in [0.2, 0.25) is 0 Å². The molecule has 1 fully saturated rings. The predicted molar refractivity (Wildman–Crippen MR) is 112 cm³/mol. The molecule has 0 aliphatic carbocycles. The zero-order valence-corrected chi connectivity index (χ0v) is 19.1. The summed E-state index contributed by atoms with van der Waals surface area (Å²) in [6.07, 6.45) is 11.1. The number of carbonyl (C=O) groups is 2. The zero-order chi connectivity index (χ0) is 21.6. The Hall–Kier alpha value is -0.980. The molecule has 1 rings (SSSR count). The normalized spacial score (nSPS) is 19.7. The number of hydrogen-bond acceptors (Lipinski definition) is 6. The Morgan fingerprint density at radius 1 is 0.793 bits per heavy atom. The van der Waals surface area contributed by atoms with Crippen molar-refractivity contribution in [2.45, 2.75) is 111 Å². The van der Waals surface area contributed by atoms with Gasteiger partial charge in [-0.15, -0.1) is 0 Å². The van der Waals surface area contributed by atoms with E-state index in [1.165, 1.54) is 12.8 Å². The molecule has 0 aromatic heterocycles. The van der Waals surface area contributed by atoms with Crippen molar-refractivity contribution in [3.63, 3.8) is 0 Å². The third-order valence-electron chi connectivity index (χ3n) is 5.58. The van der Waals surface area contributed by atoms with Crippen molar-refractivity contribution >= 4 is 11.9 Å². The molecule has 0 aromatic rings. The topological polar surface area (TPSA) is 71.1 Å². The minimum Gasteiger partial charge on any atom is -0.393 e. The van der Waals surface area contributed by atoms with Crippen molar-refractivity contribution in [3.8, 4) is 0 Å². The summed E-state index contributed by atoms with van der Waals surface area (Å²) >= 11 is 0. The second-order valence-electron chi connectivity index (χ2n) is 7.93. The Kier molecular flexibility index (Phi) is 12.7. The van der Waals surface area contributed by atoms with Crippen molar-refractivity contribution in [2.24, 2.45) is 5.41 Å². The molecule has 0 aromatic carbocycles. The highest BCUT2D eigenvalue weighted by molar-refractivity contribution is 5.97. The van der Waals surface area contributed by atoms with Gasteiger partial charge in [0.1, 0.15) is 0 Å². The summed E-state index contributed by atoms with van der Waals surface area (Å²) in [5, 5.41) is 0. The highest BCUT2D eigenvalue weighted by Crippen LogP contribution is 2.40. The van der Waals surface area contributed by atoms with E-state index < -0.39 is 11.4 Å². The fraction of sp³-hybridized carbons (Fsp3) is 0.913. The first-order chi connectivity index (χ1) is 14.0. The van der Waals surface area contributed by atoms with Crippen LogP contribution in [0.4, 0.5) is 0 Å². The quantitative estimate of drug-likeness (QED) is 0.127. The molecule has 1 atom stereocenters. The van der Waals surface area contributed by atoms with Gasteiger partial charge in [-0.3, -0.25) is 9.59 Å². The predicted octanol–water partition coefficient (Wildman–Crippen LogP) is 5.52. The van der Waals surface area contributed by atoms with Crippen molar-refractivity contribution in [2.75, 3.05) is 19.8 Å². The molecule has 1 aliphatic rings. The Labute approximate surface area is 177 Å². The maximum atomic E-state index is 12.1. The molecule has 1 heterocycles. The third-order valence-corrected chi connectivity index (χ3v) is 5.58. The van der Waals surface area contributed by atoms with Gasteiger partial charge in [0.2, 0.25) is 0 Å². The Morgan fingerprint density at radius 2 is 1.31 bits per heavy atom. The number of cyclic esters (lactones) is 2. The van der Waals surface area contributed by atoms with E-state index in [-0.39, 0.29) is 18.4 Å². The first-order valence-corrected chi connectivity index (χ1v) is 11.6. The molecule has 0 radical (unpaired) electrons. The first-order valence-electron chi connectivity index (χ1n) is 11.6. The standard InChI is InChI=1S/C23H42O6/c1-5-16-22(19-20(24)29-21(22)25)17-14-12-10-9-11-13-15-18-23(26-6-2,27-7-3)28-8-4/h5-19H2,1-4H3. The molecule has 0 bridgehead atoms. The number of rotatable bonds is 18. The van der Waals surface area contributed by atoms with Gasteiger partial charge in [-0.2, -0.15) is 0 Å². The molecule has 6 heteroatoms. The molecular formula is C23H42O6. The third kappa shape index (κ3) is 8.73. The van der Waals surface area contributed by atoms with Gasteiger partial charge in [-0.1, -0.05) is 51.9 Å². The van der Waals surface area contributed by atoms with Crippen LogP contribution in [-0.4, -0.2) is 37.7 Å². The molecule has 0 spiro atoms. The molecule has 170 valence electrons. The number of unbranched alkanes of at least 4 members (excludes halogenated alkanes) is 6. The summed E-state index contributed by atoms with van der Waals surface area (Å²) in [5.74, 6) is -1.55. The van der Waals surface area contributed by atoms with Crippen molar-refractivity contribution in [1.29, 1.82) is 0 Å². The van der Waals surface area contributed by atoms with Crippen molar-refractivity contribution in [1.82, 2.24) is 0 Å². The van der Waals surface area contributed by atoms with Gasteiger partial charge in [0.05, 0.1) is 11.8 Å². The number of ether oxygens (including phenoxy) is 4. The van der Waals surface area contributed by atoms with Gasteiger partial charge >= 0.3 is 11.9 Å². The lowest BCUT2D eigenvalue weighted by atomic mass is 9.77. The average molecular weight is 415 g/mol. The molecule has 1 unspecified atom stereocenters. The molecule has 6 nitrogen and oxygen atoms in total. The van der Waals surface area contributed by atoms with Crippen LogP contribution in [0, 0.1) is 5.41 Å². The van der Waals surface area contributed by atoms with Crippen LogP contribution in [0.25, 0.3) is 0 Å². The van der Waals surface area contributed by atoms with Crippen LogP contribution in [0.15, 0.2) is 0 Å². The Balaban J connectivity index is 2.20. The number of carbonyl (C=O) groups excluding carboxylic acids is 2. The van der Waals surface area contributed by atoms with Gasteiger partial charge < -0.3 is 18.9 Å². The molecule has 0 N–H and O–H groups in total. The van der Waals surface area contributed by atoms with Crippen LogP contribution >= 0.6 is 0 Å². The second-order valence-corrected chi connectivity index (χ2v) is 7.93. The number of esters is 2. The van der Waals surface area contributed by atoms with Crippen LogP contribution in [0.1, 0.15) is 105 Å². The van der Waals surface area contributed by atoms with E-state index in [9.17, 15) is 9.59 Å². The Morgan fingerprint density at radius 3 is 1.76 bits per heavy atom. The fourth-order valence-corrected chi connectivity index (χ4v) is 4.27. The highest BCUT2D eigenvalue weighted by Gasteiger charge is 2.47. The molecule has 1 aliphatic heterocycles. The number of hydrogen-bond donors (Lipinski definition) is 0.